The lowest BCUT2D eigenvalue weighted by molar-refractivity contribution is 0.0981. The lowest BCUT2D eigenvalue weighted by Crippen LogP contribution is -2.29. The molecule has 0 saturated heterocycles. The molecule has 1 amide bonds. The normalized spacial score (nSPS) is 13.3. The molecule has 2 aromatic rings. The van der Waals surface area contributed by atoms with Gasteiger partial charge in [-0.05, 0) is 18.2 Å². The van der Waals surface area contributed by atoms with Crippen molar-refractivity contribution in [2.45, 2.75) is 6.61 Å². The number of benzene rings is 2. The Morgan fingerprint density at radius 2 is 1.87 bits per heavy atom. The Morgan fingerprint density at radius 3 is 2.61 bits per heavy atom. The van der Waals surface area contributed by atoms with Gasteiger partial charge in [0.2, 0.25) is 10.0 Å². The second-order valence-electron chi connectivity index (χ2n) is 5.19. The average Bonchev–Trinajstić information content (AvgIpc) is 2.63. The van der Waals surface area contributed by atoms with Crippen molar-refractivity contribution in [1.82, 2.24) is 4.72 Å². The minimum Gasteiger partial charge on any atom is -0.488 e. The van der Waals surface area contributed by atoms with Gasteiger partial charge in [0.05, 0.1) is 11.8 Å². The molecule has 1 N–H and O–H groups in total. The van der Waals surface area contributed by atoms with Gasteiger partial charge in [-0.2, -0.15) is 0 Å². The van der Waals surface area contributed by atoms with Gasteiger partial charge in [-0.25, -0.2) is 13.1 Å². The molecular weight excluding hydrogens is 318 g/mol. The van der Waals surface area contributed by atoms with Crippen molar-refractivity contribution in [3.63, 3.8) is 0 Å². The molecule has 0 fully saturated rings. The number of ketones is 1. The van der Waals surface area contributed by atoms with Gasteiger partial charge < -0.3 is 4.74 Å². The fourth-order valence-electron chi connectivity index (χ4n) is 2.37. The minimum atomic E-state index is -3.68. The van der Waals surface area contributed by atoms with Crippen LogP contribution in [0.3, 0.4) is 0 Å². The van der Waals surface area contributed by atoms with E-state index in [2.05, 4.69) is 0 Å². The maximum Gasteiger partial charge on any atom is 0.264 e. The molecule has 0 saturated carbocycles. The van der Waals surface area contributed by atoms with Crippen LogP contribution in [0.1, 0.15) is 31.8 Å². The molecule has 0 aromatic heterocycles. The van der Waals surface area contributed by atoms with Crippen LogP contribution >= 0.6 is 0 Å². The van der Waals surface area contributed by atoms with Crippen molar-refractivity contribution >= 4 is 21.7 Å². The SMILES string of the molecule is CS(=O)(=O)NC(=O)c1ccc2c(c1)C(=O)c1ccccc1CO2. The molecule has 0 unspecified atom stereocenters. The van der Waals surface area contributed by atoms with Crippen LogP contribution in [-0.2, 0) is 16.6 Å². The quantitative estimate of drug-likeness (QED) is 0.901. The van der Waals surface area contributed by atoms with Crippen molar-refractivity contribution in [3.05, 3.63) is 64.7 Å². The lowest BCUT2D eigenvalue weighted by Gasteiger charge is -2.08. The maximum atomic E-state index is 12.7. The zero-order chi connectivity index (χ0) is 16.6. The van der Waals surface area contributed by atoms with Gasteiger partial charge >= 0.3 is 0 Å². The fourth-order valence-corrected chi connectivity index (χ4v) is 2.82. The molecule has 118 valence electrons. The standard InChI is InChI=1S/C16H13NO5S/c1-23(20,21)17-16(19)10-6-7-14-13(8-10)15(18)12-5-3-2-4-11(12)9-22-14/h2-8H,9H2,1H3,(H,17,19). The number of hydrogen-bond donors (Lipinski definition) is 1. The van der Waals surface area contributed by atoms with Gasteiger partial charge in [0.25, 0.3) is 5.91 Å². The molecule has 0 radical (unpaired) electrons. The van der Waals surface area contributed by atoms with Crippen molar-refractivity contribution in [3.8, 4) is 5.75 Å². The van der Waals surface area contributed by atoms with Gasteiger partial charge in [-0.1, -0.05) is 24.3 Å². The fraction of sp³-hybridized carbons (Fsp3) is 0.125. The minimum absolute atomic E-state index is 0.0745. The van der Waals surface area contributed by atoms with Crippen LogP contribution in [0.25, 0.3) is 0 Å². The monoisotopic (exact) mass is 331 g/mol. The van der Waals surface area contributed by atoms with E-state index < -0.39 is 15.9 Å². The Morgan fingerprint density at radius 1 is 1.13 bits per heavy atom. The van der Waals surface area contributed by atoms with E-state index >= 15 is 0 Å². The Kier molecular flexibility index (Phi) is 3.65. The smallest absolute Gasteiger partial charge is 0.264 e. The van der Waals surface area contributed by atoms with Crippen LogP contribution in [0.4, 0.5) is 0 Å². The largest absolute Gasteiger partial charge is 0.488 e. The number of carbonyl (C=O) groups is 2. The van der Waals surface area contributed by atoms with E-state index in [1.165, 1.54) is 18.2 Å². The highest BCUT2D eigenvalue weighted by Crippen LogP contribution is 2.29. The highest BCUT2D eigenvalue weighted by molar-refractivity contribution is 7.89. The highest BCUT2D eigenvalue weighted by Gasteiger charge is 2.23. The van der Waals surface area contributed by atoms with Crippen LogP contribution in [0.2, 0.25) is 0 Å². The lowest BCUT2D eigenvalue weighted by atomic mass is 9.98. The summed E-state index contributed by atoms with van der Waals surface area (Å²) in [4.78, 5) is 24.6. The Hall–Kier alpha value is -2.67. The first-order valence-electron chi connectivity index (χ1n) is 6.77. The molecule has 0 bridgehead atoms. The number of fused-ring (bicyclic) bond motifs is 2. The first-order chi connectivity index (χ1) is 10.8. The molecule has 1 aliphatic rings. The van der Waals surface area contributed by atoms with Crippen LogP contribution in [0, 0.1) is 0 Å². The molecule has 1 aliphatic heterocycles. The summed E-state index contributed by atoms with van der Waals surface area (Å²) in [5.74, 6) is -0.690. The summed E-state index contributed by atoms with van der Waals surface area (Å²) in [5, 5.41) is 0. The van der Waals surface area contributed by atoms with E-state index in [1.54, 1.807) is 18.2 Å². The van der Waals surface area contributed by atoms with E-state index in [0.717, 1.165) is 11.8 Å². The van der Waals surface area contributed by atoms with Gasteiger partial charge in [-0.3, -0.25) is 9.59 Å². The predicted octanol–water partition coefficient (Wildman–Crippen LogP) is 1.50. The molecule has 7 heteroatoms. The van der Waals surface area contributed by atoms with Gasteiger partial charge in [0.15, 0.2) is 5.78 Å². The summed E-state index contributed by atoms with van der Waals surface area (Å²) >= 11 is 0. The number of carbonyl (C=O) groups excluding carboxylic acids is 2. The maximum absolute atomic E-state index is 12.7. The summed E-state index contributed by atoms with van der Waals surface area (Å²) in [6, 6.07) is 11.3. The topological polar surface area (TPSA) is 89.5 Å². The predicted molar refractivity (Wildman–Crippen MR) is 83.0 cm³/mol. The van der Waals surface area contributed by atoms with Crippen LogP contribution in [-0.4, -0.2) is 26.4 Å². The van der Waals surface area contributed by atoms with Crippen LogP contribution < -0.4 is 9.46 Å². The number of nitrogens with one attached hydrogen (secondary N) is 1. The van der Waals surface area contributed by atoms with Gasteiger partial charge in [-0.15, -0.1) is 0 Å². The second-order valence-corrected chi connectivity index (χ2v) is 6.94. The third kappa shape index (κ3) is 3.09. The van der Waals surface area contributed by atoms with Crippen LogP contribution in [0.15, 0.2) is 42.5 Å². The van der Waals surface area contributed by atoms with Crippen LogP contribution in [0.5, 0.6) is 5.75 Å². The number of amides is 1. The van der Waals surface area contributed by atoms with E-state index in [9.17, 15) is 18.0 Å². The van der Waals surface area contributed by atoms with E-state index in [0.29, 0.717) is 11.3 Å². The zero-order valence-electron chi connectivity index (χ0n) is 12.2. The first-order valence-corrected chi connectivity index (χ1v) is 8.66. The number of hydrogen-bond acceptors (Lipinski definition) is 5. The summed E-state index contributed by atoms with van der Waals surface area (Å²) < 4.78 is 29.8. The summed E-state index contributed by atoms with van der Waals surface area (Å²) in [6.07, 6.45) is 0.888. The van der Waals surface area contributed by atoms with Crippen molar-refractivity contribution < 1.29 is 22.7 Å². The van der Waals surface area contributed by atoms with Crippen molar-refractivity contribution in [1.29, 1.82) is 0 Å². The van der Waals surface area contributed by atoms with Crippen molar-refractivity contribution in [2.75, 3.05) is 6.26 Å². The summed E-state index contributed by atoms with van der Waals surface area (Å²) in [7, 11) is -3.68. The molecule has 1 heterocycles. The highest BCUT2D eigenvalue weighted by atomic mass is 32.2. The molecule has 2 aromatic carbocycles. The molecule has 0 aliphatic carbocycles. The number of ether oxygens (including phenoxy) is 1. The Balaban J connectivity index is 2.04. The molecule has 3 rings (SSSR count). The molecule has 6 nitrogen and oxygen atoms in total. The third-order valence-corrected chi connectivity index (χ3v) is 3.97. The zero-order valence-corrected chi connectivity index (χ0v) is 13.0. The second kappa shape index (κ2) is 5.51. The number of sulfonamides is 1. The summed E-state index contributed by atoms with van der Waals surface area (Å²) in [6.45, 7) is 0.254. The summed E-state index contributed by atoms with van der Waals surface area (Å²) in [5.41, 5.74) is 1.57. The van der Waals surface area contributed by atoms with E-state index in [4.69, 9.17) is 4.74 Å². The first kappa shape index (κ1) is 15.2. The van der Waals surface area contributed by atoms with E-state index in [1.807, 2.05) is 10.8 Å². The number of rotatable bonds is 2. The van der Waals surface area contributed by atoms with Gasteiger partial charge in [0, 0.05) is 16.7 Å². The molecular formula is C16H13NO5S. The molecule has 23 heavy (non-hydrogen) atoms. The Bertz CT molecular complexity index is 918. The molecule has 0 spiro atoms. The Labute approximate surface area is 133 Å². The van der Waals surface area contributed by atoms with Gasteiger partial charge in [0.1, 0.15) is 12.4 Å². The average molecular weight is 331 g/mol. The van der Waals surface area contributed by atoms with E-state index in [-0.39, 0.29) is 23.5 Å². The molecule has 0 atom stereocenters. The van der Waals surface area contributed by atoms with Crippen molar-refractivity contribution in [2.24, 2.45) is 0 Å². The third-order valence-electron chi connectivity index (χ3n) is 3.41.